The maximum Gasteiger partial charge on any atom is 0.233 e. The summed E-state index contributed by atoms with van der Waals surface area (Å²) in [5.74, 6) is 0. The predicted molar refractivity (Wildman–Crippen MR) is 147 cm³/mol. The number of rotatable bonds is 4. The number of hydrogen-bond acceptors (Lipinski definition) is 10. The summed E-state index contributed by atoms with van der Waals surface area (Å²) in [5, 5.41) is 21.5. The zero-order valence-electron chi connectivity index (χ0n) is 19.5. The summed E-state index contributed by atoms with van der Waals surface area (Å²) in [4.78, 5) is 24.9. The molecule has 182 valence electrons. The second-order valence-electron chi connectivity index (χ2n) is 8.12. The number of H-pyrrole nitrogens is 2. The van der Waals surface area contributed by atoms with Crippen LogP contribution in [0.25, 0.3) is 43.2 Å². The molecule has 0 unspecified atom stereocenters. The molecule has 0 saturated heterocycles. The SMILES string of the molecule is c1ccc2[nH]c(=Nc3nnc(-c4nccnc4-c4nnc(N=c5ccc6ccccc6[nH]5)s4)s3)ccc2c1. The third-order valence-corrected chi connectivity index (χ3v) is 7.30. The van der Waals surface area contributed by atoms with Gasteiger partial charge in [0.25, 0.3) is 0 Å². The molecule has 7 rings (SSSR count). The van der Waals surface area contributed by atoms with Crippen molar-refractivity contribution in [2.75, 3.05) is 0 Å². The molecule has 7 aromatic rings. The van der Waals surface area contributed by atoms with E-state index in [4.69, 9.17) is 0 Å². The molecule has 0 fully saturated rings. The smallest absolute Gasteiger partial charge is 0.233 e. The van der Waals surface area contributed by atoms with Crippen molar-refractivity contribution in [3.05, 3.63) is 96.2 Å². The van der Waals surface area contributed by atoms with Crippen molar-refractivity contribution in [2.45, 2.75) is 0 Å². The van der Waals surface area contributed by atoms with Gasteiger partial charge in [0.1, 0.15) is 22.4 Å². The summed E-state index contributed by atoms with van der Waals surface area (Å²) >= 11 is 2.64. The van der Waals surface area contributed by atoms with E-state index in [0.29, 0.717) is 42.6 Å². The molecule has 38 heavy (non-hydrogen) atoms. The van der Waals surface area contributed by atoms with Gasteiger partial charge in [-0.25, -0.2) is 20.0 Å². The van der Waals surface area contributed by atoms with Crippen molar-refractivity contribution in [3.8, 4) is 21.4 Å². The number of nitrogens with zero attached hydrogens (tertiary/aromatic N) is 8. The zero-order chi connectivity index (χ0) is 25.3. The Morgan fingerprint density at radius 1 is 0.526 bits per heavy atom. The minimum atomic E-state index is 0.503. The van der Waals surface area contributed by atoms with Crippen LogP contribution in [0.3, 0.4) is 0 Å². The summed E-state index contributed by atoms with van der Waals surface area (Å²) < 4.78 is 0. The van der Waals surface area contributed by atoms with E-state index in [1.165, 1.54) is 22.7 Å². The molecule has 0 aliphatic carbocycles. The standard InChI is InChI=1S/C26H16N10S2/c1-3-7-17-15(5-1)9-11-19(29-17)31-25-35-33-23(37-25)21-22(28-14-13-27-21)24-34-36-26(38-24)32-20-12-10-16-6-2-4-8-18(16)30-20/h1-14H,(H,29,31,35)(H,30,32,36). The first-order valence-electron chi connectivity index (χ1n) is 11.5. The third-order valence-electron chi connectivity index (χ3n) is 5.65. The molecule has 5 aromatic heterocycles. The van der Waals surface area contributed by atoms with Gasteiger partial charge in [-0.05, 0) is 47.2 Å². The molecule has 0 amide bonds. The van der Waals surface area contributed by atoms with Crippen molar-refractivity contribution in [2.24, 2.45) is 9.98 Å². The molecule has 0 bridgehead atoms. The van der Waals surface area contributed by atoms with Crippen LogP contribution >= 0.6 is 22.7 Å². The monoisotopic (exact) mass is 532 g/mol. The highest BCUT2D eigenvalue weighted by atomic mass is 32.1. The highest BCUT2D eigenvalue weighted by Gasteiger charge is 2.18. The maximum atomic E-state index is 4.61. The van der Waals surface area contributed by atoms with Crippen LogP contribution in [0.15, 0.2) is 95.2 Å². The Labute approximate surface area is 222 Å². The molecule has 0 radical (unpaired) electrons. The Kier molecular flexibility index (Phi) is 5.57. The van der Waals surface area contributed by atoms with E-state index in [1.54, 1.807) is 12.4 Å². The van der Waals surface area contributed by atoms with E-state index in [0.717, 1.165) is 21.8 Å². The Balaban J connectivity index is 1.22. The molecule has 5 heterocycles. The van der Waals surface area contributed by atoms with Crippen LogP contribution in [-0.2, 0) is 0 Å². The van der Waals surface area contributed by atoms with Gasteiger partial charge >= 0.3 is 0 Å². The van der Waals surface area contributed by atoms with E-state index in [9.17, 15) is 0 Å². The van der Waals surface area contributed by atoms with Gasteiger partial charge in [-0.2, -0.15) is 0 Å². The summed E-state index contributed by atoms with van der Waals surface area (Å²) in [6.07, 6.45) is 3.23. The third kappa shape index (κ3) is 4.38. The molecule has 2 N–H and O–H groups in total. The number of aromatic nitrogens is 8. The molecular weight excluding hydrogens is 516 g/mol. The van der Waals surface area contributed by atoms with Crippen LogP contribution in [-0.4, -0.2) is 40.3 Å². The van der Waals surface area contributed by atoms with E-state index >= 15 is 0 Å². The van der Waals surface area contributed by atoms with E-state index in [1.807, 2.05) is 72.8 Å². The van der Waals surface area contributed by atoms with Crippen molar-refractivity contribution in [1.82, 2.24) is 40.3 Å². The number of para-hydroxylation sites is 2. The molecule has 12 heteroatoms. The first-order chi connectivity index (χ1) is 18.8. The predicted octanol–water partition coefficient (Wildman–Crippen LogP) is 4.94. The van der Waals surface area contributed by atoms with Gasteiger partial charge in [-0.3, -0.25) is 0 Å². The van der Waals surface area contributed by atoms with Crippen LogP contribution in [0.2, 0.25) is 0 Å². The molecule has 2 aromatic carbocycles. The van der Waals surface area contributed by atoms with Crippen molar-refractivity contribution in [1.29, 1.82) is 0 Å². The largest absolute Gasteiger partial charge is 0.340 e. The number of benzene rings is 2. The van der Waals surface area contributed by atoms with Crippen molar-refractivity contribution < 1.29 is 0 Å². The fraction of sp³-hybridized carbons (Fsp3) is 0. The Morgan fingerprint density at radius 2 is 1.00 bits per heavy atom. The van der Waals surface area contributed by atoms with E-state index < -0.39 is 0 Å². The fourth-order valence-corrected chi connectivity index (χ4v) is 5.36. The molecule has 0 spiro atoms. The zero-order valence-corrected chi connectivity index (χ0v) is 21.1. The summed E-state index contributed by atoms with van der Waals surface area (Å²) in [5.41, 5.74) is 4.49. The van der Waals surface area contributed by atoms with Gasteiger partial charge in [-0.1, -0.05) is 59.1 Å². The van der Waals surface area contributed by atoms with Gasteiger partial charge in [0.2, 0.25) is 10.3 Å². The molecule has 0 saturated carbocycles. The highest BCUT2D eigenvalue weighted by Crippen LogP contribution is 2.35. The second-order valence-corrected chi connectivity index (χ2v) is 10.0. The van der Waals surface area contributed by atoms with Crippen LogP contribution < -0.4 is 11.0 Å². The van der Waals surface area contributed by atoms with Gasteiger partial charge in [0.15, 0.2) is 10.0 Å². The summed E-state index contributed by atoms with van der Waals surface area (Å²) in [7, 11) is 0. The van der Waals surface area contributed by atoms with Crippen LogP contribution in [0.5, 0.6) is 0 Å². The summed E-state index contributed by atoms with van der Waals surface area (Å²) in [6.45, 7) is 0. The number of aromatic amines is 2. The van der Waals surface area contributed by atoms with Crippen molar-refractivity contribution >= 4 is 54.7 Å². The van der Waals surface area contributed by atoms with Gasteiger partial charge in [-0.15, -0.1) is 20.4 Å². The van der Waals surface area contributed by atoms with Crippen LogP contribution in [0.4, 0.5) is 10.3 Å². The molecule has 10 nitrogen and oxygen atoms in total. The molecule has 0 aliphatic heterocycles. The lowest BCUT2D eigenvalue weighted by molar-refractivity contribution is 1.04. The normalized spacial score (nSPS) is 12.5. The Morgan fingerprint density at radius 3 is 1.50 bits per heavy atom. The first kappa shape index (κ1) is 22.3. The minimum Gasteiger partial charge on any atom is -0.340 e. The van der Waals surface area contributed by atoms with Gasteiger partial charge in [0.05, 0.1) is 0 Å². The Hall–Kier alpha value is -4.94. The summed E-state index contributed by atoms with van der Waals surface area (Å²) in [6, 6.07) is 23.9. The van der Waals surface area contributed by atoms with Gasteiger partial charge in [0, 0.05) is 23.4 Å². The van der Waals surface area contributed by atoms with Crippen LogP contribution in [0, 0.1) is 0 Å². The average Bonchev–Trinajstić information content (AvgIpc) is 3.63. The number of hydrogen-bond donors (Lipinski definition) is 2. The number of nitrogens with one attached hydrogen (secondary N) is 2. The lowest BCUT2D eigenvalue weighted by Crippen LogP contribution is -2.04. The van der Waals surface area contributed by atoms with Gasteiger partial charge < -0.3 is 9.97 Å². The van der Waals surface area contributed by atoms with E-state index in [2.05, 4.69) is 50.3 Å². The molecule has 0 aliphatic rings. The second kappa shape index (κ2) is 9.50. The fourth-order valence-electron chi connectivity index (χ4n) is 3.91. The Bertz CT molecular complexity index is 1920. The number of pyridine rings is 2. The topological polar surface area (TPSA) is 134 Å². The minimum absolute atomic E-state index is 0.503. The maximum absolute atomic E-state index is 4.61. The average molecular weight is 533 g/mol. The highest BCUT2D eigenvalue weighted by molar-refractivity contribution is 7.19. The van der Waals surface area contributed by atoms with Crippen molar-refractivity contribution in [3.63, 3.8) is 0 Å². The lowest BCUT2D eigenvalue weighted by Gasteiger charge is -1.99. The van der Waals surface area contributed by atoms with Crippen LogP contribution in [0.1, 0.15) is 0 Å². The van der Waals surface area contributed by atoms with E-state index in [-0.39, 0.29) is 0 Å². The number of fused-ring (bicyclic) bond motifs is 2. The molecule has 0 atom stereocenters. The first-order valence-corrected chi connectivity index (χ1v) is 13.2. The lowest BCUT2D eigenvalue weighted by atomic mass is 10.2. The quantitative estimate of drug-likeness (QED) is 0.330. The molecular formula is C26H16N10S2.